The maximum absolute atomic E-state index is 10.8. The molecule has 0 aliphatic rings. The summed E-state index contributed by atoms with van der Waals surface area (Å²) < 4.78 is 0. The Labute approximate surface area is 65.5 Å². The van der Waals surface area contributed by atoms with Crippen LogP contribution in [0.2, 0.25) is 0 Å². The zero-order valence-corrected chi connectivity index (χ0v) is 6.29. The Morgan fingerprint density at radius 1 is 1.64 bits per heavy atom. The van der Waals surface area contributed by atoms with E-state index >= 15 is 0 Å². The van der Waals surface area contributed by atoms with E-state index in [0.717, 1.165) is 6.08 Å². The van der Waals surface area contributed by atoms with Crippen LogP contribution in [0.3, 0.4) is 0 Å². The molecule has 0 bridgehead atoms. The Kier molecular flexibility index (Phi) is 5.64. The van der Waals surface area contributed by atoms with E-state index in [9.17, 15) is 4.79 Å². The summed E-state index contributed by atoms with van der Waals surface area (Å²) in [6, 6.07) is -0.625. The van der Waals surface area contributed by atoms with E-state index in [4.69, 9.17) is 10.2 Å². The van der Waals surface area contributed by atoms with Gasteiger partial charge in [0.1, 0.15) is 0 Å². The second-order valence-electron chi connectivity index (χ2n) is 2.02. The first-order valence-electron chi connectivity index (χ1n) is 3.37. The fraction of sp³-hybridized carbons (Fsp3) is 0.571. The summed E-state index contributed by atoms with van der Waals surface area (Å²) >= 11 is 0. The van der Waals surface area contributed by atoms with Gasteiger partial charge in [0.2, 0.25) is 0 Å². The summed E-state index contributed by atoms with van der Waals surface area (Å²) in [5.41, 5.74) is 0. The molecule has 0 aromatic heterocycles. The largest absolute Gasteiger partial charge is 0.395 e. The Hall–Kier alpha value is -0.710. The third kappa shape index (κ3) is 3.87. The second-order valence-corrected chi connectivity index (χ2v) is 2.02. The third-order valence-corrected chi connectivity index (χ3v) is 1.23. The average molecular weight is 159 g/mol. The van der Waals surface area contributed by atoms with Gasteiger partial charge >= 0.3 is 0 Å². The standard InChI is InChI=1S/C7H13NO3/c1-2-7(11)6(5-10)8-3-4-9/h2,6,8-10H,1,3-5H2. The normalized spacial score (nSPS) is 12.5. The van der Waals surface area contributed by atoms with Crippen molar-refractivity contribution in [1.29, 1.82) is 0 Å². The molecular formula is C7H13NO3. The number of hydrogen-bond donors (Lipinski definition) is 3. The lowest BCUT2D eigenvalue weighted by Crippen LogP contribution is -2.40. The van der Waals surface area contributed by atoms with Gasteiger partial charge < -0.3 is 15.5 Å². The van der Waals surface area contributed by atoms with Gasteiger partial charge in [0.05, 0.1) is 19.3 Å². The summed E-state index contributed by atoms with van der Waals surface area (Å²) in [5.74, 6) is -0.263. The first-order chi connectivity index (χ1) is 5.26. The second kappa shape index (κ2) is 6.03. The minimum atomic E-state index is -0.625. The lowest BCUT2D eigenvalue weighted by atomic mass is 10.2. The molecule has 0 saturated carbocycles. The molecule has 0 aromatic rings. The number of carbonyl (C=O) groups is 1. The SMILES string of the molecule is C=CC(=O)C(CO)NCCO. The molecular weight excluding hydrogens is 146 g/mol. The third-order valence-electron chi connectivity index (χ3n) is 1.23. The molecule has 0 radical (unpaired) electrons. The van der Waals surface area contributed by atoms with Crippen molar-refractivity contribution in [2.45, 2.75) is 6.04 Å². The molecule has 0 spiro atoms. The van der Waals surface area contributed by atoms with Crippen molar-refractivity contribution in [3.63, 3.8) is 0 Å². The number of aliphatic hydroxyl groups excluding tert-OH is 2. The first kappa shape index (κ1) is 10.3. The summed E-state index contributed by atoms with van der Waals surface area (Å²) in [6.07, 6.45) is 1.14. The predicted octanol–water partition coefficient (Wildman–Crippen LogP) is -1.32. The minimum absolute atomic E-state index is 0.0546. The molecule has 0 saturated heterocycles. The lowest BCUT2D eigenvalue weighted by Gasteiger charge is -2.10. The quantitative estimate of drug-likeness (QED) is 0.421. The fourth-order valence-corrected chi connectivity index (χ4v) is 0.636. The molecule has 4 heteroatoms. The van der Waals surface area contributed by atoms with E-state index in [0.29, 0.717) is 6.54 Å². The van der Waals surface area contributed by atoms with Gasteiger partial charge in [-0.25, -0.2) is 0 Å². The predicted molar refractivity (Wildman–Crippen MR) is 41.2 cm³/mol. The van der Waals surface area contributed by atoms with Crippen LogP contribution >= 0.6 is 0 Å². The van der Waals surface area contributed by atoms with Crippen LogP contribution in [0.15, 0.2) is 12.7 Å². The number of ketones is 1. The van der Waals surface area contributed by atoms with Crippen molar-refractivity contribution in [1.82, 2.24) is 5.32 Å². The van der Waals surface area contributed by atoms with Crippen molar-refractivity contribution in [2.75, 3.05) is 19.8 Å². The Bertz CT molecular complexity index is 136. The summed E-state index contributed by atoms with van der Waals surface area (Å²) in [6.45, 7) is 3.24. The van der Waals surface area contributed by atoms with E-state index in [1.807, 2.05) is 0 Å². The van der Waals surface area contributed by atoms with Gasteiger partial charge in [-0.15, -0.1) is 0 Å². The van der Waals surface area contributed by atoms with Gasteiger partial charge in [-0.05, 0) is 6.08 Å². The molecule has 0 aromatic carbocycles. The average Bonchev–Trinajstić information content (AvgIpc) is 2.05. The molecule has 0 aliphatic carbocycles. The molecule has 11 heavy (non-hydrogen) atoms. The Morgan fingerprint density at radius 3 is 2.64 bits per heavy atom. The topological polar surface area (TPSA) is 69.6 Å². The van der Waals surface area contributed by atoms with Crippen LogP contribution in [0.25, 0.3) is 0 Å². The van der Waals surface area contributed by atoms with Crippen LogP contribution in [-0.2, 0) is 4.79 Å². The Morgan fingerprint density at radius 2 is 2.27 bits per heavy atom. The molecule has 1 atom stereocenters. The fourth-order valence-electron chi connectivity index (χ4n) is 0.636. The maximum Gasteiger partial charge on any atom is 0.174 e. The van der Waals surface area contributed by atoms with Crippen molar-refractivity contribution in [2.24, 2.45) is 0 Å². The zero-order chi connectivity index (χ0) is 8.69. The monoisotopic (exact) mass is 159 g/mol. The number of aliphatic hydroxyl groups is 2. The lowest BCUT2D eigenvalue weighted by molar-refractivity contribution is -0.117. The molecule has 0 aliphatic heterocycles. The van der Waals surface area contributed by atoms with Gasteiger partial charge in [-0.2, -0.15) is 0 Å². The number of nitrogens with one attached hydrogen (secondary N) is 1. The van der Waals surface area contributed by atoms with Crippen LogP contribution in [0, 0.1) is 0 Å². The molecule has 3 N–H and O–H groups in total. The van der Waals surface area contributed by atoms with Crippen LogP contribution < -0.4 is 5.32 Å². The van der Waals surface area contributed by atoms with Gasteiger partial charge in [-0.3, -0.25) is 4.79 Å². The molecule has 1 unspecified atom stereocenters. The summed E-state index contributed by atoms with van der Waals surface area (Å²) in [7, 11) is 0. The van der Waals surface area contributed by atoms with E-state index in [1.165, 1.54) is 0 Å². The molecule has 0 amide bonds. The van der Waals surface area contributed by atoms with Crippen molar-refractivity contribution in [3.8, 4) is 0 Å². The van der Waals surface area contributed by atoms with Crippen LogP contribution in [0.1, 0.15) is 0 Å². The number of rotatable bonds is 6. The van der Waals surface area contributed by atoms with Crippen molar-refractivity contribution in [3.05, 3.63) is 12.7 Å². The Balaban J connectivity index is 3.74. The van der Waals surface area contributed by atoms with Crippen molar-refractivity contribution >= 4 is 5.78 Å². The smallest absolute Gasteiger partial charge is 0.174 e. The molecule has 4 nitrogen and oxygen atoms in total. The van der Waals surface area contributed by atoms with Gasteiger partial charge in [0.15, 0.2) is 5.78 Å². The van der Waals surface area contributed by atoms with Gasteiger partial charge in [-0.1, -0.05) is 6.58 Å². The highest BCUT2D eigenvalue weighted by atomic mass is 16.3. The van der Waals surface area contributed by atoms with Gasteiger partial charge in [0, 0.05) is 6.54 Å². The molecule has 64 valence electrons. The highest BCUT2D eigenvalue weighted by Crippen LogP contribution is 1.85. The highest BCUT2D eigenvalue weighted by Gasteiger charge is 2.11. The van der Waals surface area contributed by atoms with Crippen LogP contribution in [0.5, 0.6) is 0 Å². The zero-order valence-electron chi connectivity index (χ0n) is 6.29. The maximum atomic E-state index is 10.8. The minimum Gasteiger partial charge on any atom is -0.395 e. The highest BCUT2D eigenvalue weighted by molar-refractivity contribution is 5.93. The van der Waals surface area contributed by atoms with Crippen LogP contribution in [-0.4, -0.2) is 41.8 Å². The first-order valence-corrected chi connectivity index (χ1v) is 3.37. The molecule has 0 rings (SSSR count). The number of carbonyl (C=O) groups excluding carboxylic acids is 1. The molecule has 0 heterocycles. The summed E-state index contributed by atoms with van der Waals surface area (Å²) in [5, 5.41) is 19.7. The summed E-state index contributed by atoms with van der Waals surface area (Å²) in [4.78, 5) is 10.8. The molecule has 0 fully saturated rings. The van der Waals surface area contributed by atoms with Crippen LogP contribution in [0.4, 0.5) is 0 Å². The van der Waals surface area contributed by atoms with Crippen molar-refractivity contribution < 1.29 is 15.0 Å². The number of hydrogen-bond acceptors (Lipinski definition) is 4. The van der Waals surface area contributed by atoms with E-state index in [-0.39, 0.29) is 19.0 Å². The van der Waals surface area contributed by atoms with E-state index in [2.05, 4.69) is 11.9 Å². The van der Waals surface area contributed by atoms with E-state index in [1.54, 1.807) is 0 Å². The van der Waals surface area contributed by atoms with Gasteiger partial charge in [0.25, 0.3) is 0 Å². The van der Waals surface area contributed by atoms with E-state index < -0.39 is 6.04 Å².